The average molecular weight is 640 g/mol. The SMILES string of the molecule is [2H]c1c([2H])c([2H])c(-c2c([2H])c(-c3ccccc3)c([2H])c(-c3cccc(-c4c([2H])c([2H])c5c(c4[2H])C(C)(C)CCC5(C)C)c3Nc3ccccc3[N+](=O)[O-])c2[2H])c([2H])c1[2H]. The van der Waals surface area contributed by atoms with Gasteiger partial charge in [-0.25, -0.2) is 0 Å². The minimum atomic E-state index is -0.672. The molecule has 1 N–H and O–H groups in total. The molecule has 0 heterocycles. The van der Waals surface area contributed by atoms with Gasteiger partial charge in [0.25, 0.3) is 5.69 Å². The second-order valence-corrected chi connectivity index (χ2v) is 13.3. The topological polar surface area (TPSA) is 55.2 Å². The molecule has 6 aromatic carbocycles. The van der Waals surface area contributed by atoms with Crippen molar-refractivity contribution in [3.05, 3.63) is 161 Å². The Bertz CT molecular complexity index is 2720. The van der Waals surface area contributed by atoms with Crippen LogP contribution in [0.3, 0.4) is 0 Å². The van der Waals surface area contributed by atoms with Gasteiger partial charge < -0.3 is 5.32 Å². The number of benzene rings is 6. The van der Waals surface area contributed by atoms with Crippen molar-refractivity contribution < 1.29 is 20.0 Å². The number of rotatable bonds is 7. The first-order valence-electron chi connectivity index (χ1n) is 21.3. The summed E-state index contributed by atoms with van der Waals surface area (Å²) in [5.74, 6) is 0. The van der Waals surface area contributed by atoms with Gasteiger partial charge in [0, 0.05) is 17.2 Å². The van der Waals surface area contributed by atoms with E-state index in [2.05, 4.69) is 5.32 Å². The van der Waals surface area contributed by atoms with Gasteiger partial charge in [-0.1, -0.05) is 137 Å². The van der Waals surface area contributed by atoms with E-state index >= 15 is 0 Å². The number of hydrogen-bond acceptors (Lipinski definition) is 3. The maximum absolute atomic E-state index is 12.4. The molecule has 0 atom stereocenters. The van der Waals surface area contributed by atoms with Crippen molar-refractivity contribution in [1.82, 2.24) is 0 Å². The molecule has 0 saturated carbocycles. The summed E-state index contributed by atoms with van der Waals surface area (Å²) in [6.45, 7) is 8.00. The van der Waals surface area contributed by atoms with Crippen LogP contribution >= 0.6 is 0 Å². The van der Waals surface area contributed by atoms with Crippen LogP contribution in [0.1, 0.15) is 66.7 Å². The van der Waals surface area contributed by atoms with Crippen LogP contribution in [0.2, 0.25) is 0 Å². The van der Waals surface area contributed by atoms with E-state index in [1.165, 1.54) is 18.2 Å². The van der Waals surface area contributed by atoms with Crippen molar-refractivity contribution in [3.8, 4) is 44.5 Å². The monoisotopic (exact) mass is 639 g/mol. The van der Waals surface area contributed by atoms with Crippen molar-refractivity contribution >= 4 is 17.1 Å². The van der Waals surface area contributed by atoms with Crippen molar-refractivity contribution in [1.29, 1.82) is 0 Å². The van der Waals surface area contributed by atoms with Crippen LogP contribution in [0.15, 0.2) is 139 Å². The molecular weight excluding hydrogens is 588 g/mol. The van der Waals surface area contributed by atoms with E-state index in [4.69, 9.17) is 6.85 Å². The first kappa shape index (κ1) is 20.7. The minimum Gasteiger partial charge on any atom is -0.349 e. The summed E-state index contributed by atoms with van der Waals surface area (Å²) in [4.78, 5) is 11.8. The van der Waals surface area contributed by atoms with Gasteiger partial charge in [-0.3, -0.25) is 10.1 Å². The van der Waals surface area contributed by atoms with Crippen molar-refractivity contribution in [2.75, 3.05) is 5.32 Å². The average Bonchev–Trinajstić information content (AvgIpc) is 3.19. The maximum atomic E-state index is 12.4. The predicted octanol–water partition coefficient (Wildman–Crippen LogP) is 12.4. The molecule has 0 spiro atoms. The second kappa shape index (κ2) is 12.3. The summed E-state index contributed by atoms with van der Waals surface area (Å²) in [5.41, 5.74) is -0.264. The summed E-state index contributed by atoms with van der Waals surface area (Å²) >= 11 is 0. The number of nitrogens with zero attached hydrogens (tertiary/aromatic N) is 1. The highest BCUT2D eigenvalue weighted by molar-refractivity contribution is 5.96. The minimum absolute atomic E-state index is 0.00466. The van der Waals surface area contributed by atoms with E-state index in [9.17, 15) is 18.3 Å². The number of fused-ring (bicyclic) bond motifs is 1. The lowest BCUT2D eigenvalue weighted by Crippen LogP contribution is -2.33. The molecule has 0 aromatic heterocycles. The molecule has 0 amide bonds. The molecule has 0 unspecified atom stereocenters. The fourth-order valence-electron chi connectivity index (χ4n) is 6.26. The summed E-state index contributed by atoms with van der Waals surface area (Å²) in [6, 6.07) is 14.2. The standard InChI is InChI=1S/C44H40N2O2/c1-43(2)24-25-44(3,4)39-29-32(22-23-38(39)43)36-18-13-19-37(42(36)45-40-20-11-12-21-41(40)46(47)48)35-27-33(30-14-7-5-8-15-30)26-34(28-35)31-16-9-6-10-17-31/h5-23,26-29,45H,24-25H2,1-4H3/i5D,7D,8D,14D,15D,22D,23D,26D,27D,28D,29D. The van der Waals surface area contributed by atoms with Crippen LogP contribution in [0.5, 0.6) is 0 Å². The largest absolute Gasteiger partial charge is 0.349 e. The molecular formula is C44H40N2O2. The van der Waals surface area contributed by atoms with Gasteiger partial charge in [-0.2, -0.15) is 0 Å². The van der Waals surface area contributed by atoms with Crippen LogP contribution in [0.25, 0.3) is 44.5 Å². The van der Waals surface area contributed by atoms with Gasteiger partial charge in [0.2, 0.25) is 0 Å². The molecule has 0 radical (unpaired) electrons. The van der Waals surface area contributed by atoms with E-state index in [0.717, 1.165) is 6.42 Å². The third-order valence-corrected chi connectivity index (χ3v) is 9.07. The normalized spacial score (nSPS) is 17.8. The first-order chi connectivity index (χ1) is 27.7. The molecule has 0 aliphatic heterocycles. The van der Waals surface area contributed by atoms with Crippen molar-refractivity contribution in [2.45, 2.75) is 51.4 Å². The lowest BCUT2D eigenvalue weighted by atomic mass is 9.63. The molecule has 6 aromatic rings. The van der Waals surface area contributed by atoms with Gasteiger partial charge in [-0.15, -0.1) is 0 Å². The molecule has 0 fully saturated rings. The van der Waals surface area contributed by atoms with Gasteiger partial charge in [0.15, 0.2) is 0 Å². The summed E-state index contributed by atoms with van der Waals surface area (Å²) in [5, 5.41) is 15.6. The fourth-order valence-corrected chi connectivity index (χ4v) is 6.26. The molecule has 4 nitrogen and oxygen atoms in total. The number of para-hydroxylation sites is 3. The molecule has 0 bridgehead atoms. The Morgan fingerprint density at radius 3 is 1.92 bits per heavy atom. The Morgan fingerprint density at radius 1 is 0.604 bits per heavy atom. The van der Waals surface area contributed by atoms with Crippen molar-refractivity contribution in [2.24, 2.45) is 0 Å². The number of nitro benzene ring substituents is 1. The third-order valence-electron chi connectivity index (χ3n) is 9.07. The number of anilines is 2. The van der Waals surface area contributed by atoms with Gasteiger partial charge in [0.1, 0.15) is 5.69 Å². The zero-order valence-electron chi connectivity index (χ0n) is 38.1. The predicted molar refractivity (Wildman–Crippen MR) is 200 cm³/mol. The summed E-state index contributed by atoms with van der Waals surface area (Å²) < 4.78 is 100. The maximum Gasteiger partial charge on any atom is 0.292 e. The van der Waals surface area contributed by atoms with Crippen LogP contribution in [-0.4, -0.2) is 4.92 Å². The first-order valence-corrected chi connectivity index (χ1v) is 15.8. The second-order valence-electron chi connectivity index (χ2n) is 13.3. The molecule has 1 aliphatic rings. The molecule has 1 aliphatic carbocycles. The third kappa shape index (κ3) is 5.91. The summed E-state index contributed by atoms with van der Waals surface area (Å²) in [7, 11) is 0. The Kier molecular flexibility index (Phi) is 5.29. The highest BCUT2D eigenvalue weighted by Gasteiger charge is 2.37. The van der Waals surface area contributed by atoms with E-state index < -0.39 is 63.6 Å². The van der Waals surface area contributed by atoms with Crippen molar-refractivity contribution in [3.63, 3.8) is 0 Å². The lowest BCUT2D eigenvalue weighted by molar-refractivity contribution is -0.383. The number of nitrogens with one attached hydrogen (secondary N) is 1. The molecule has 238 valence electrons. The van der Waals surface area contributed by atoms with E-state index in [1.54, 1.807) is 54.6 Å². The van der Waals surface area contributed by atoms with Crippen LogP contribution in [0, 0.1) is 10.1 Å². The van der Waals surface area contributed by atoms with Gasteiger partial charge in [-0.05, 0) is 92.4 Å². The highest BCUT2D eigenvalue weighted by Crippen LogP contribution is 2.49. The Balaban J connectivity index is 1.67. The molecule has 4 heteroatoms. The fraction of sp³-hybridized carbons (Fsp3) is 0.182. The van der Waals surface area contributed by atoms with Crippen LogP contribution < -0.4 is 5.32 Å². The smallest absolute Gasteiger partial charge is 0.292 e. The molecule has 0 saturated heterocycles. The lowest BCUT2D eigenvalue weighted by Gasteiger charge is -2.42. The summed E-state index contributed by atoms with van der Waals surface area (Å²) in [6.07, 6.45) is 1.45. The molecule has 7 rings (SSSR count). The highest BCUT2D eigenvalue weighted by atomic mass is 16.6. The van der Waals surface area contributed by atoms with Crippen LogP contribution in [0.4, 0.5) is 17.1 Å². The Morgan fingerprint density at radius 2 is 1.21 bits per heavy atom. The van der Waals surface area contributed by atoms with Gasteiger partial charge >= 0.3 is 0 Å². The zero-order valence-corrected chi connectivity index (χ0v) is 27.1. The Hall–Kier alpha value is -5.48. The Labute approximate surface area is 298 Å². The van der Waals surface area contributed by atoms with Gasteiger partial charge in [0.05, 0.1) is 25.7 Å². The van der Waals surface area contributed by atoms with E-state index in [1.807, 2.05) is 27.7 Å². The van der Waals surface area contributed by atoms with E-state index in [0.29, 0.717) is 23.1 Å². The molecule has 48 heavy (non-hydrogen) atoms. The van der Waals surface area contributed by atoms with E-state index in [-0.39, 0.29) is 74.6 Å². The number of nitro groups is 1. The van der Waals surface area contributed by atoms with Crippen LogP contribution in [-0.2, 0) is 10.8 Å². The number of hydrogen-bond donors (Lipinski definition) is 1. The quantitative estimate of drug-likeness (QED) is 0.140. The zero-order chi connectivity index (χ0) is 43.0.